The Balaban J connectivity index is 1.24. The third-order valence-electron chi connectivity index (χ3n) is 6.81. The van der Waals surface area contributed by atoms with Crippen LogP contribution in [0.5, 0.6) is 11.5 Å². The lowest BCUT2D eigenvalue weighted by Gasteiger charge is -2.35. The average molecular weight is 555 g/mol. The summed E-state index contributed by atoms with van der Waals surface area (Å²) in [5, 5.41) is 8.06. The highest BCUT2D eigenvalue weighted by molar-refractivity contribution is 8.00. The first-order valence-electron chi connectivity index (χ1n) is 13.2. The van der Waals surface area contributed by atoms with Crippen LogP contribution >= 0.6 is 11.8 Å². The van der Waals surface area contributed by atoms with E-state index < -0.39 is 0 Å². The van der Waals surface area contributed by atoms with Crippen LogP contribution in [0.15, 0.2) is 85.2 Å². The number of aryl methyl sites for hydroxylation is 1. The summed E-state index contributed by atoms with van der Waals surface area (Å²) in [7, 11) is 1.61. The number of methoxy groups -OCH3 is 1. The molecule has 0 bridgehead atoms. The smallest absolute Gasteiger partial charge is 0.143 e. The minimum Gasteiger partial charge on any atom is -0.457 e. The molecule has 3 heterocycles. The van der Waals surface area contributed by atoms with Crippen molar-refractivity contribution in [2.45, 2.75) is 32.1 Å². The van der Waals surface area contributed by atoms with E-state index >= 15 is 0 Å². The number of carbonyl (C=O) groups excluding carboxylic acids is 1. The van der Waals surface area contributed by atoms with Gasteiger partial charge in [0, 0.05) is 54.8 Å². The summed E-state index contributed by atoms with van der Waals surface area (Å²) in [5.41, 5.74) is 5.88. The third-order valence-corrected chi connectivity index (χ3v) is 8.50. The number of carbonyl (C=O) groups is 1. The Labute approximate surface area is 239 Å². The largest absolute Gasteiger partial charge is 0.457 e. The maximum Gasteiger partial charge on any atom is 0.143 e. The third kappa shape index (κ3) is 6.63. The van der Waals surface area contributed by atoms with Gasteiger partial charge >= 0.3 is 0 Å². The number of thioether (sulfide) groups is 1. The van der Waals surface area contributed by atoms with Crippen LogP contribution in [0.25, 0.3) is 5.69 Å². The van der Waals surface area contributed by atoms with Gasteiger partial charge in [0.15, 0.2) is 0 Å². The van der Waals surface area contributed by atoms with Crippen LogP contribution in [-0.4, -0.2) is 45.8 Å². The van der Waals surface area contributed by atoms with Gasteiger partial charge in [0.25, 0.3) is 0 Å². The lowest BCUT2D eigenvalue weighted by atomic mass is 9.90. The first-order valence-corrected chi connectivity index (χ1v) is 14.4. The van der Waals surface area contributed by atoms with Crippen molar-refractivity contribution in [2.24, 2.45) is 0 Å². The number of ketones is 1. The number of Topliss-reactive ketones (excluding diaryl/α,β-unsaturated/α-hetero) is 1. The molecule has 0 spiro atoms. The zero-order chi connectivity index (χ0) is 28.1. The summed E-state index contributed by atoms with van der Waals surface area (Å²) in [6, 6.07) is 21.6. The van der Waals surface area contributed by atoms with Gasteiger partial charge in [0.05, 0.1) is 23.7 Å². The van der Waals surface area contributed by atoms with Crippen LogP contribution in [0.1, 0.15) is 29.4 Å². The number of pyridine rings is 1. The average Bonchev–Trinajstić information content (AvgIpc) is 3.33. The molecule has 0 radical (unpaired) electrons. The number of anilines is 1. The molecular formula is C32H34N4O3S. The Morgan fingerprint density at radius 1 is 1.05 bits per heavy atom. The first-order chi connectivity index (χ1) is 19.3. The van der Waals surface area contributed by atoms with Gasteiger partial charge in [-0.15, -0.1) is 0 Å². The quantitative estimate of drug-likeness (QED) is 0.220. The van der Waals surface area contributed by atoms with Gasteiger partial charge in [-0.1, -0.05) is 43.3 Å². The summed E-state index contributed by atoms with van der Waals surface area (Å²) in [6.45, 7) is 8.61. The molecule has 2 aromatic carbocycles. The maximum atomic E-state index is 13.2. The molecule has 40 heavy (non-hydrogen) atoms. The molecule has 5 rings (SSSR count). The minimum atomic E-state index is 0.0672. The van der Waals surface area contributed by atoms with Gasteiger partial charge < -0.3 is 14.8 Å². The molecule has 1 aliphatic heterocycles. The van der Waals surface area contributed by atoms with E-state index in [1.165, 1.54) is 5.56 Å². The van der Waals surface area contributed by atoms with Crippen molar-refractivity contribution in [1.82, 2.24) is 14.8 Å². The number of nitrogens with one attached hydrogen (secondary N) is 1. The molecule has 0 aliphatic carbocycles. The Hall–Kier alpha value is -3.88. The molecule has 0 saturated carbocycles. The summed E-state index contributed by atoms with van der Waals surface area (Å²) in [4.78, 5) is 17.5. The highest BCUT2D eigenvalue weighted by Crippen LogP contribution is 2.40. The van der Waals surface area contributed by atoms with Crippen LogP contribution in [0.2, 0.25) is 0 Å². The summed E-state index contributed by atoms with van der Waals surface area (Å²) < 4.78 is 13.0. The van der Waals surface area contributed by atoms with E-state index in [0.717, 1.165) is 34.1 Å². The molecule has 1 N–H and O–H groups in total. The van der Waals surface area contributed by atoms with Gasteiger partial charge in [0.1, 0.15) is 23.1 Å². The van der Waals surface area contributed by atoms with Crippen LogP contribution in [0, 0.1) is 6.92 Å². The van der Waals surface area contributed by atoms with Gasteiger partial charge in [-0.2, -0.15) is 16.9 Å². The zero-order valence-electron chi connectivity index (χ0n) is 23.1. The predicted octanol–water partition coefficient (Wildman–Crippen LogP) is 6.30. The molecule has 206 valence electrons. The highest BCUT2D eigenvalue weighted by Gasteiger charge is 2.37. The molecule has 0 amide bonds. The van der Waals surface area contributed by atoms with Crippen LogP contribution in [0.4, 0.5) is 5.82 Å². The van der Waals surface area contributed by atoms with Gasteiger partial charge in [-0.25, -0.2) is 9.67 Å². The second-order valence-electron chi connectivity index (χ2n) is 10.5. The van der Waals surface area contributed by atoms with E-state index in [1.807, 2.05) is 40.7 Å². The number of hydrogen-bond acceptors (Lipinski definition) is 7. The summed E-state index contributed by atoms with van der Waals surface area (Å²) in [5.74, 6) is 4.20. The summed E-state index contributed by atoms with van der Waals surface area (Å²) >= 11 is 1.93. The zero-order valence-corrected chi connectivity index (χ0v) is 24.0. The van der Waals surface area contributed by atoms with E-state index in [4.69, 9.17) is 14.6 Å². The monoisotopic (exact) mass is 554 g/mol. The highest BCUT2D eigenvalue weighted by atomic mass is 32.2. The standard InChI is InChI=1S/C32H34N4O3S/c1-22-5-9-25(10-6-22)36-26(17-30(35-36)32(3)20-40-21-32)16-27(37)15-24-7-11-28(12-8-24)39-29-13-14-33-31(18-29)34-23(2)19-38-4/h5-14,17-18H,2,15-16,19-21H2,1,3-4H3,(H,33,34). The van der Waals surface area contributed by atoms with Crippen molar-refractivity contribution in [3.63, 3.8) is 0 Å². The molecule has 1 saturated heterocycles. The Morgan fingerprint density at radius 2 is 1.80 bits per heavy atom. The van der Waals surface area contributed by atoms with E-state index in [0.29, 0.717) is 42.5 Å². The molecule has 0 unspecified atom stereocenters. The minimum absolute atomic E-state index is 0.0672. The van der Waals surface area contributed by atoms with E-state index in [9.17, 15) is 4.79 Å². The molecule has 1 aliphatic rings. The molecule has 1 fully saturated rings. The van der Waals surface area contributed by atoms with Crippen molar-refractivity contribution >= 4 is 23.4 Å². The van der Waals surface area contributed by atoms with E-state index in [2.05, 4.69) is 61.1 Å². The Morgan fingerprint density at radius 3 is 2.48 bits per heavy atom. The molecule has 8 heteroatoms. The van der Waals surface area contributed by atoms with E-state index in [-0.39, 0.29) is 11.2 Å². The fourth-order valence-corrected chi connectivity index (χ4v) is 5.66. The lowest BCUT2D eigenvalue weighted by Crippen LogP contribution is -2.37. The fraction of sp³-hybridized carbons (Fsp3) is 0.281. The molecule has 4 aromatic rings. The summed E-state index contributed by atoms with van der Waals surface area (Å²) in [6.07, 6.45) is 2.33. The van der Waals surface area contributed by atoms with Crippen LogP contribution < -0.4 is 10.1 Å². The number of benzene rings is 2. The van der Waals surface area contributed by atoms with Crippen molar-refractivity contribution in [3.8, 4) is 17.2 Å². The van der Waals surface area contributed by atoms with Gasteiger partial charge in [-0.05, 0) is 48.9 Å². The second kappa shape index (κ2) is 12.1. The predicted molar refractivity (Wildman–Crippen MR) is 161 cm³/mol. The fourth-order valence-electron chi connectivity index (χ4n) is 4.54. The molecular weight excluding hydrogens is 520 g/mol. The number of ether oxygens (including phenoxy) is 2. The SMILES string of the molecule is C=C(COC)Nc1cc(Oc2ccc(CC(=O)Cc3cc(C4(C)CSC4)nn3-c3ccc(C)cc3)cc2)ccn1. The molecule has 2 aromatic heterocycles. The second-order valence-corrected chi connectivity index (χ2v) is 11.5. The number of rotatable bonds is 12. The van der Waals surface area contributed by atoms with Crippen molar-refractivity contribution < 1.29 is 14.3 Å². The van der Waals surface area contributed by atoms with Crippen molar-refractivity contribution in [1.29, 1.82) is 0 Å². The topological polar surface area (TPSA) is 78.3 Å². The van der Waals surface area contributed by atoms with Crippen LogP contribution in [0.3, 0.4) is 0 Å². The van der Waals surface area contributed by atoms with Crippen molar-refractivity contribution in [3.05, 3.63) is 108 Å². The number of hydrogen-bond donors (Lipinski definition) is 1. The number of aromatic nitrogens is 3. The Kier molecular flexibility index (Phi) is 8.38. The lowest BCUT2D eigenvalue weighted by molar-refractivity contribution is -0.117. The van der Waals surface area contributed by atoms with Crippen molar-refractivity contribution in [2.75, 3.05) is 30.5 Å². The van der Waals surface area contributed by atoms with E-state index in [1.54, 1.807) is 25.4 Å². The van der Waals surface area contributed by atoms with Gasteiger partial charge in [0.2, 0.25) is 0 Å². The molecule has 0 atom stereocenters. The Bertz CT molecular complexity index is 1490. The van der Waals surface area contributed by atoms with Crippen LogP contribution in [-0.2, 0) is 27.8 Å². The normalized spacial score (nSPS) is 13.9. The molecule has 7 nitrogen and oxygen atoms in total. The maximum absolute atomic E-state index is 13.2. The first kappa shape index (κ1) is 27.7. The number of nitrogens with zero attached hydrogens (tertiary/aromatic N) is 3. The van der Waals surface area contributed by atoms with Gasteiger partial charge in [-0.3, -0.25) is 4.79 Å².